The van der Waals surface area contributed by atoms with Crippen LogP contribution >= 0.6 is 11.3 Å². The smallest absolute Gasteiger partial charge is 0.262 e. The minimum absolute atomic E-state index is 0.0308. The van der Waals surface area contributed by atoms with Crippen LogP contribution in [0.1, 0.15) is 40.9 Å². The van der Waals surface area contributed by atoms with E-state index in [0.717, 1.165) is 0 Å². The van der Waals surface area contributed by atoms with Gasteiger partial charge in [0.15, 0.2) is 0 Å². The third kappa shape index (κ3) is 2.71. The largest absolute Gasteiger partial charge is 0.350 e. The first-order valence-electron chi connectivity index (χ1n) is 6.89. The van der Waals surface area contributed by atoms with Crippen LogP contribution in [0.4, 0.5) is 0 Å². The highest BCUT2D eigenvalue weighted by atomic mass is 32.1. The monoisotopic (exact) mass is 308 g/mol. The molecule has 21 heavy (non-hydrogen) atoms. The SMILES string of the molecule is Cc1c(C(=O)NCCN)sc2nc(C)n(C(C)C)c(=O)c12. The number of nitrogens with zero attached hydrogens (tertiary/aromatic N) is 2. The Hall–Kier alpha value is -1.73. The number of rotatable bonds is 4. The van der Waals surface area contributed by atoms with E-state index in [4.69, 9.17) is 5.73 Å². The van der Waals surface area contributed by atoms with Crippen LogP contribution in [0.15, 0.2) is 4.79 Å². The van der Waals surface area contributed by atoms with E-state index < -0.39 is 0 Å². The average molecular weight is 308 g/mol. The van der Waals surface area contributed by atoms with E-state index in [9.17, 15) is 9.59 Å². The molecule has 0 saturated heterocycles. The Morgan fingerprint density at radius 2 is 2.10 bits per heavy atom. The zero-order valence-corrected chi connectivity index (χ0v) is 13.5. The predicted octanol–water partition coefficient (Wildman–Crippen LogP) is 1.34. The van der Waals surface area contributed by atoms with Crippen molar-refractivity contribution in [2.75, 3.05) is 13.1 Å². The van der Waals surface area contributed by atoms with Crippen molar-refractivity contribution in [3.8, 4) is 0 Å². The van der Waals surface area contributed by atoms with Crippen molar-refractivity contribution in [3.05, 3.63) is 26.6 Å². The Bertz CT molecular complexity index is 745. The lowest BCUT2D eigenvalue weighted by molar-refractivity contribution is 0.0958. The van der Waals surface area contributed by atoms with E-state index in [-0.39, 0.29) is 17.5 Å². The van der Waals surface area contributed by atoms with Crippen LogP contribution in [0.5, 0.6) is 0 Å². The molecular formula is C14H20N4O2S. The van der Waals surface area contributed by atoms with Crippen LogP contribution < -0.4 is 16.6 Å². The van der Waals surface area contributed by atoms with Gasteiger partial charge < -0.3 is 11.1 Å². The molecule has 6 nitrogen and oxygen atoms in total. The fourth-order valence-corrected chi connectivity index (χ4v) is 3.52. The summed E-state index contributed by atoms with van der Waals surface area (Å²) in [5.74, 6) is 0.465. The second-order valence-electron chi connectivity index (χ2n) is 5.21. The number of fused-ring (bicyclic) bond motifs is 1. The first-order chi connectivity index (χ1) is 9.88. The van der Waals surface area contributed by atoms with Gasteiger partial charge in [0.05, 0.1) is 10.3 Å². The number of amides is 1. The van der Waals surface area contributed by atoms with Gasteiger partial charge in [0.2, 0.25) is 0 Å². The molecule has 114 valence electrons. The molecule has 0 aliphatic rings. The van der Waals surface area contributed by atoms with Crippen LogP contribution in [0.25, 0.3) is 10.2 Å². The molecule has 2 heterocycles. The van der Waals surface area contributed by atoms with Gasteiger partial charge >= 0.3 is 0 Å². The summed E-state index contributed by atoms with van der Waals surface area (Å²) in [5, 5.41) is 3.27. The Morgan fingerprint density at radius 1 is 1.43 bits per heavy atom. The molecule has 0 aromatic carbocycles. The van der Waals surface area contributed by atoms with Gasteiger partial charge in [-0.3, -0.25) is 14.2 Å². The fraction of sp³-hybridized carbons (Fsp3) is 0.500. The molecule has 3 N–H and O–H groups in total. The third-order valence-electron chi connectivity index (χ3n) is 3.33. The molecule has 2 rings (SSSR count). The van der Waals surface area contributed by atoms with Crippen molar-refractivity contribution in [2.24, 2.45) is 5.73 Å². The maximum absolute atomic E-state index is 12.6. The topological polar surface area (TPSA) is 90.0 Å². The maximum atomic E-state index is 12.6. The number of nitrogens with two attached hydrogens (primary N) is 1. The molecule has 0 radical (unpaired) electrons. The average Bonchev–Trinajstić information content (AvgIpc) is 2.72. The first-order valence-corrected chi connectivity index (χ1v) is 7.70. The molecule has 0 bridgehead atoms. The lowest BCUT2D eigenvalue weighted by Gasteiger charge is -2.12. The normalized spacial score (nSPS) is 11.3. The minimum atomic E-state index is -0.200. The Labute approximate surface area is 127 Å². The summed E-state index contributed by atoms with van der Waals surface area (Å²) in [5.41, 5.74) is 6.00. The number of aromatic nitrogens is 2. The van der Waals surface area contributed by atoms with E-state index in [1.807, 2.05) is 20.8 Å². The van der Waals surface area contributed by atoms with Crippen molar-refractivity contribution in [1.29, 1.82) is 0 Å². The van der Waals surface area contributed by atoms with Crippen molar-refractivity contribution in [3.63, 3.8) is 0 Å². The highest BCUT2D eigenvalue weighted by molar-refractivity contribution is 7.20. The summed E-state index contributed by atoms with van der Waals surface area (Å²) >= 11 is 1.25. The summed E-state index contributed by atoms with van der Waals surface area (Å²) in [6.07, 6.45) is 0. The quantitative estimate of drug-likeness (QED) is 0.892. The molecule has 0 aliphatic carbocycles. The number of hydrogen-bond acceptors (Lipinski definition) is 5. The number of carbonyl (C=O) groups is 1. The molecule has 0 saturated carbocycles. The van der Waals surface area contributed by atoms with Crippen molar-refractivity contribution >= 4 is 27.5 Å². The van der Waals surface area contributed by atoms with Crippen molar-refractivity contribution in [1.82, 2.24) is 14.9 Å². The van der Waals surface area contributed by atoms with Gasteiger partial charge in [-0.15, -0.1) is 11.3 Å². The van der Waals surface area contributed by atoms with E-state index in [1.165, 1.54) is 11.3 Å². The molecule has 2 aromatic heterocycles. The summed E-state index contributed by atoms with van der Waals surface area (Å²) in [4.78, 5) is 30.4. The molecule has 0 unspecified atom stereocenters. The number of aryl methyl sites for hydroxylation is 2. The molecule has 7 heteroatoms. The van der Waals surface area contributed by atoms with Gasteiger partial charge in [-0.05, 0) is 33.3 Å². The van der Waals surface area contributed by atoms with E-state index >= 15 is 0 Å². The number of thiophene rings is 1. The van der Waals surface area contributed by atoms with Crippen molar-refractivity contribution < 1.29 is 4.79 Å². The summed E-state index contributed by atoms with van der Waals surface area (Å²) in [6, 6.07) is 0.0308. The second-order valence-corrected chi connectivity index (χ2v) is 6.21. The van der Waals surface area contributed by atoms with Gasteiger partial charge in [-0.1, -0.05) is 0 Å². The second kappa shape index (κ2) is 5.95. The third-order valence-corrected chi connectivity index (χ3v) is 4.51. The predicted molar refractivity (Wildman–Crippen MR) is 85.1 cm³/mol. The van der Waals surface area contributed by atoms with E-state index in [1.54, 1.807) is 11.5 Å². The van der Waals surface area contributed by atoms with Crippen LogP contribution in [-0.2, 0) is 0 Å². The maximum Gasteiger partial charge on any atom is 0.262 e. The first kappa shape index (κ1) is 15.7. The lowest BCUT2D eigenvalue weighted by atomic mass is 10.2. The zero-order valence-electron chi connectivity index (χ0n) is 12.7. The zero-order chi connectivity index (χ0) is 15.7. The highest BCUT2D eigenvalue weighted by Gasteiger charge is 2.20. The van der Waals surface area contributed by atoms with Gasteiger partial charge in [0.1, 0.15) is 10.7 Å². The molecule has 0 atom stereocenters. The fourth-order valence-electron chi connectivity index (χ4n) is 2.39. The molecule has 0 fully saturated rings. The van der Waals surface area contributed by atoms with Crippen LogP contribution in [-0.4, -0.2) is 28.5 Å². The van der Waals surface area contributed by atoms with Crippen LogP contribution in [0.3, 0.4) is 0 Å². The van der Waals surface area contributed by atoms with E-state index in [0.29, 0.717) is 39.6 Å². The van der Waals surface area contributed by atoms with Gasteiger partial charge in [0, 0.05) is 19.1 Å². The van der Waals surface area contributed by atoms with Gasteiger partial charge in [-0.2, -0.15) is 0 Å². The summed E-state index contributed by atoms with van der Waals surface area (Å²) in [6.45, 7) is 8.28. The molecular weight excluding hydrogens is 288 g/mol. The summed E-state index contributed by atoms with van der Waals surface area (Å²) < 4.78 is 1.66. The minimum Gasteiger partial charge on any atom is -0.350 e. The standard InChI is InChI=1S/C14H20N4O2S/c1-7(2)18-9(4)17-13-10(14(18)20)8(3)11(21-13)12(19)16-6-5-15/h7H,5-6,15H2,1-4H3,(H,16,19). The molecule has 0 spiro atoms. The molecule has 1 amide bonds. The van der Waals surface area contributed by atoms with Gasteiger partial charge in [0.25, 0.3) is 11.5 Å². The number of carbonyl (C=O) groups excluding carboxylic acids is 1. The van der Waals surface area contributed by atoms with E-state index in [2.05, 4.69) is 10.3 Å². The Kier molecular flexibility index (Phi) is 4.43. The van der Waals surface area contributed by atoms with Crippen LogP contribution in [0, 0.1) is 13.8 Å². The molecule has 0 aliphatic heterocycles. The number of hydrogen-bond donors (Lipinski definition) is 2. The summed E-state index contributed by atoms with van der Waals surface area (Å²) in [7, 11) is 0. The van der Waals surface area contributed by atoms with Crippen LogP contribution in [0.2, 0.25) is 0 Å². The van der Waals surface area contributed by atoms with Gasteiger partial charge in [-0.25, -0.2) is 4.98 Å². The Morgan fingerprint density at radius 3 is 2.67 bits per heavy atom. The lowest BCUT2D eigenvalue weighted by Crippen LogP contribution is -2.29. The Balaban J connectivity index is 2.64. The molecule has 2 aromatic rings. The highest BCUT2D eigenvalue weighted by Crippen LogP contribution is 2.27. The number of nitrogens with one attached hydrogen (secondary N) is 1. The van der Waals surface area contributed by atoms with Crippen molar-refractivity contribution in [2.45, 2.75) is 33.7 Å².